The molecule has 0 aliphatic heterocycles. The Balaban J connectivity index is 2.14. The molecule has 0 aliphatic rings. The summed E-state index contributed by atoms with van der Waals surface area (Å²) in [4.78, 5) is 8.56. The normalized spacial score (nSPS) is 10.4. The molecule has 0 atom stereocenters. The first-order valence-electron chi connectivity index (χ1n) is 7.13. The average molecular weight is 307 g/mol. The third kappa shape index (κ3) is 4.60. The van der Waals surface area contributed by atoms with Crippen LogP contribution in [0.1, 0.15) is 26.7 Å². The molecule has 0 saturated carbocycles. The van der Waals surface area contributed by atoms with Crippen molar-refractivity contribution in [2.75, 3.05) is 13.2 Å². The molecule has 112 valence electrons. The van der Waals surface area contributed by atoms with Crippen molar-refractivity contribution in [1.82, 2.24) is 9.97 Å². The number of nitrogens with zero attached hydrogens (tertiary/aromatic N) is 2. The molecule has 21 heavy (non-hydrogen) atoms. The lowest BCUT2D eigenvalue weighted by Gasteiger charge is -2.07. The second kappa shape index (κ2) is 7.84. The van der Waals surface area contributed by atoms with Crippen molar-refractivity contribution in [3.8, 4) is 23.0 Å². The number of unbranched alkanes of at least 4 members (excludes halogenated alkanes) is 1. The van der Waals surface area contributed by atoms with E-state index in [0.717, 1.165) is 30.8 Å². The van der Waals surface area contributed by atoms with Crippen LogP contribution in [0.5, 0.6) is 11.6 Å². The van der Waals surface area contributed by atoms with Gasteiger partial charge in [-0.2, -0.15) is 4.98 Å². The zero-order valence-corrected chi connectivity index (χ0v) is 13.1. The molecule has 0 unspecified atom stereocenters. The Morgan fingerprint density at radius 3 is 2.48 bits per heavy atom. The van der Waals surface area contributed by atoms with Crippen LogP contribution >= 0.6 is 11.6 Å². The minimum atomic E-state index is 0.367. The molecule has 5 heteroatoms. The minimum absolute atomic E-state index is 0.367. The van der Waals surface area contributed by atoms with Crippen molar-refractivity contribution < 1.29 is 9.47 Å². The highest BCUT2D eigenvalue weighted by Crippen LogP contribution is 2.23. The number of ether oxygens (including phenoxy) is 2. The quantitative estimate of drug-likeness (QED) is 0.562. The molecule has 1 aromatic heterocycles. The van der Waals surface area contributed by atoms with E-state index in [9.17, 15) is 0 Å². The summed E-state index contributed by atoms with van der Waals surface area (Å²) in [5.41, 5.74) is 0.876. The van der Waals surface area contributed by atoms with Gasteiger partial charge < -0.3 is 9.47 Å². The first kappa shape index (κ1) is 15.6. The zero-order chi connectivity index (χ0) is 15.1. The third-order valence-electron chi connectivity index (χ3n) is 2.84. The summed E-state index contributed by atoms with van der Waals surface area (Å²) < 4.78 is 11.0. The first-order valence-corrected chi connectivity index (χ1v) is 7.51. The average Bonchev–Trinajstić information content (AvgIpc) is 2.48. The first-order chi connectivity index (χ1) is 10.2. The van der Waals surface area contributed by atoms with Gasteiger partial charge in [-0.25, -0.2) is 4.98 Å². The highest BCUT2D eigenvalue weighted by molar-refractivity contribution is 6.29. The molecule has 0 amide bonds. The second-order valence-electron chi connectivity index (χ2n) is 4.51. The third-order valence-corrected chi connectivity index (χ3v) is 3.04. The van der Waals surface area contributed by atoms with E-state index in [-0.39, 0.29) is 0 Å². The van der Waals surface area contributed by atoms with Gasteiger partial charge in [0.2, 0.25) is 5.88 Å². The molecule has 0 bridgehead atoms. The van der Waals surface area contributed by atoms with Gasteiger partial charge in [0.1, 0.15) is 10.9 Å². The predicted octanol–water partition coefficient (Wildman–Crippen LogP) is 4.37. The van der Waals surface area contributed by atoms with Gasteiger partial charge in [0.15, 0.2) is 5.82 Å². The summed E-state index contributed by atoms with van der Waals surface area (Å²) in [6.07, 6.45) is 2.17. The molecule has 1 heterocycles. The van der Waals surface area contributed by atoms with Crippen LogP contribution < -0.4 is 9.47 Å². The summed E-state index contributed by atoms with van der Waals surface area (Å²) in [7, 11) is 0. The fourth-order valence-corrected chi connectivity index (χ4v) is 1.96. The Labute approximate surface area is 130 Å². The SMILES string of the molecule is CCCCOc1ccc(-c2nc(Cl)cc(OCC)n2)cc1. The number of halogens is 1. The van der Waals surface area contributed by atoms with E-state index in [1.807, 2.05) is 31.2 Å². The van der Waals surface area contributed by atoms with Gasteiger partial charge in [-0.1, -0.05) is 24.9 Å². The molecule has 0 saturated heterocycles. The summed E-state index contributed by atoms with van der Waals surface area (Å²) in [6.45, 7) is 5.31. The van der Waals surface area contributed by atoms with Gasteiger partial charge in [0.05, 0.1) is 13.2 Å². The summed E-state index contributed by atoms with van der Waals surface area (Å²) in [5.74, 6) is 1.88. The highest BCUT2D eigenvalue weighted by atomic mass is 35.5. The van der Waals surface area contributed by atoms with Crippen LogP contribution in [-0.2, 0) is 0 Å². The van der Waals surface area contributed by atoms with E-state index >= 15 is 0 Å². The second-order valence-corrected chi connectivity index (χ2v) is 4.90. The molecule has 2 rings (SSSR count). The van der Waals surface area contributed by atoms with E-state index in [1.165, 1.54) is 0 Å². The monoisotopic (exact) mass is 306 g/mol. The Morgan fingerprint density at radius 1 is 1.05 bits per heavy atom. The number of hydrogen-bond acceptors (Lipinski definition) is 4. The summed E-state index contributed by atoms with van der Waals surface area (Å²) in [5, 5.41) is 0.367. The lowest BCUT2D eigenvalue weighted by atomic mass is 10.2. The van der Waals surface area contributed by atoms with Gasteiger partial charge in [0.25, 0.3) is 0 Å². The molecule has 1 aromatic carbocycles. The number of benzene rings is 1. The maximum atomic E-state index is 6.00. The van der Waals surface area contributed by atoms with Crippen molar-refractivity contribution in [3.05, 3.63) is 35.5 Å². The Hall–Kier alpha value is -1.81. The Morgan fingerprint density at radius 2 is 1.81 bits per heavy atom. The Kier molecular flexibility index (Phi) is 5.81. The Bertz CT molecular complexity index is 573. The maximum absolute atomic E-state index is 6.00. The smallest absolute Gasteiger partial charge is 0.218 e. The van der Waals surface area contributed by atoms with Gasteiger partial charge in [-0.05, 0) is 37.6 Å². The standard InChI is InChI=1S/C16H19ClN2O2/c1-3-5-10-21-13-8-6-12(7-9-13)16-18-14(17)11-15(19-16)20-4-2/h6-9,11H,3-5,10H2,1-2H3. The van der Waals surface area contributed by atoms with Gasteiger partial charge in [-0.3, -0.25) is 0 Å². The van der Waals surface area contributed by atoms with Crippen molar-refractivity contribution >= 4 is 11.6 Å². The molecule has 4 nitrogen and oxygen atoms in total. The van der Waals surface area contributed by atoms with Crippen molar-refractivity contribution in [2.24, 2.45) is 0 Å². The zero-order valence-electron chi connectivity index (χ0n) is 12.3. The molecule has 0 spiro atoms. The van der Waals surface area contributed by atoms with Gasteiger partial charge in [0, 0.05) is 11.6 Å². The van der Waals surface area contributed by atoms with E-state index < -0.39 is 0 Å². The summed E-state index contributed by atoms with van der Waals surface area (Å²) in [6, 6.07) is 9.27. The van der Waals surface area contributed by atoms with E-state index in [1.54, 1.807) is 6.07 Å². The molecule has 0 fully saturated rings. The minimum Gasteiger partial charge on any atom is -0.494 e. The van der Waals surface area contributed by atoms with Crippen LogP contribution in [0, 0.1) is 0 Å². The topological polar surface area (TPSA) is 44.2 Å². The molecular weight excluding hydrogens is 288 g/mol. The number of rotatable bonds is 7. The largest absolute Gasteiger partial charge is 0.494 e. The molecular formula is C16H19ClN2O2. The van der Waals surface area contributed by atoms with Crippen LogP contribution in [0.2, 0.25) is 5.15 Å². The lowest BCUT2D eigenvalue weighted by molar-refractivity contribution is 0.309. The fourth-order valence-electron chi connectivity index (χ4n) is 1.78. The van der Waals surface area contributed by atoms with Crippen molar-refractivity contribution in [3.63, 3.8) is 0 Å². The van der Waals surface area contributed by atoms with Crippen LogP contribution in [-0.4, -0.2) is 23.2 Å². The molecule has 2 aromatic rings. The van der Waals surface area contributed by atoms with E-state index in [0.29, 0.717) is 23.5 Å². The lowest BCUT2D eigenvalue weighted by Crippen LogP contribution is -1.98. The van der Waals surface area contributed by atoms with Gasteiger partial charge in [-0.15, -0.1) is 0 Å². The molecule has 0 aliphatic carbocycles. The van der Waals surface area contributed by atoms with Crippen LogP contribution in [0.4, 0.5) is 0 Å². The van der Waals surface area contributed by atoms with Crippen molar-refractivity contribution in [2.45, 2.75) is 26.7 Å². The van der Waals surface area contributed by atoms with E-state index in [2.05, 4.69) is 16.9 Å². The number of aromatic nitrogens is 2. The predicted molar refractivity (Wildman–Crippen MR) is 84.1 cm³/mol. The number of hydrogen-bond donors (Lipinski definition) is 0. The van der Waals surface area contributed by atoms with E-state index in [4.69, 9.17) is 21.1 Å². The summed E-state index contributed by atoms with van der Waals surface area (Å²) >= 11 is 6.00. The fraction of sp³-hybridized carbons (Fsp3) is 0.375. The molecule has 0 N–H and O–H groups in total. The van der Waals surface area contributed by atoms with Crippen LogP contribution in [0.25, 0.3) is 11.4 Å². The van der Waals surface area contributed by atoms with Crippen LogP contribution in [0.15, 0.2) is 30.3 Å². The van der Waals surface area contributed by atoms with Crippen LogP contribution in [0.3, 0.4) is 0 Å². The molecule has 0 radical (unpaired) electrons. The maximum Gasteiger partial charge on any atom is 0.218 e. The van der Waals surface area contributed by atoms with Crippen molar-refractivity contribution in [1.29, 1.82) is 0 Å². The van der Waals surface area contributed by atoms with Gasteiger partial charge >= 0.3 is 0 Å². The highest BCUT2D eigenvalue weighted by Gasteiger charge is 2.07.